The van der Waals surface area contributed by atoms with Crippen molar-refractivity contribution >= 4 is 28.4 Å². The molecular weight excluding hydrogens is 236 g/mol. The number of benzene rings is 1. The van der Waals surface area contributed by atoms with Crippen molar-refractivity contribution in [3.8, 4) is 0 Å². The minimum absolute atomic E-state index is 0.0300. The van der Waals surface area contributed by atoms with Crippen molar-refractivity contribution in [1.29, 1.82) is 0 Å². The normalized spacial score (nSPS) is 14.8. The van der Waals surface area contributed by atoms with E-state index >= 15 is 0 Å². The molecule has 4 heteroatoms. The molecule has 2 aromatic rings. The third-order valence-corrected chi connectivity index (χ3v) is 3.26. The fourth-order valence-corrected chi connectivity index (χ4v) is 2.24. The second kappa shape index (κ2) is 4.00. The van der Waals surface area contributed by atoms with Crippen LogP contribution in [0.25, 0.3) is 10.9 Å². The van der Waals surface area contributed by atoms with Crippen molar-refractivity contribution in [2.75, 3.05) is 13.1 Å². The van der Waals surface area contributed by atoms with E-state index in [9.17, 15) is 4.79 Å². The fourth-order valence-electron chi connectivity index (χ4n) is 2.01. The maximum Gasteiger partial charge on any atom is 0.256 e. The number of nitrogens with zero attached hydrogens (tertiary/aromatic N) is 2. The molecule has 0 spiro atoms. The molecule has 0 unspecified atom stereocenters. The summed E-state index contributed by atoms with van der Waals surface area (Å²) in [5.74, 6) is 0.0300. The van der Waals surface area contributed by atoms with E-state index < -0.39 is 0 Å². The smallest absolute Gasteiger partial charge is 0.256 e. The Kier molecular flexibility index (Phi) is 2.48. The summed E-state index contributed by atoms with van der Waals surface area (Å²) >= 11 is 6.04. The number of carbonyl (C=O) groups is 1. The monoisotopic (exact) mass is 246 g/mol. The van der Waals surface area contributed by atoms with Crippen molar-refractivity contribution in [3.05, 3.63) is 41.0 Å². The van der Waals surface area contributed by atoms with Gasteiger partial charge in [-0.05, 0) is 24.6 Å². The van der Waals surface area contributed by atoms with E-state index in [0.29, 0.717) is 10.6 Å². The number of likely N-dealkylation sites (tertiary alicyclic amines) is 1. The Morgan fingerprint density at radius 3 is 2.88 bits per heavy atom. The minimum atomic E-state index is 0.0300. The van der Waals surface area contributed by atoms with Gasteiger partial charge in [0.15, 0.2) is 0 Å². The van der Waals surface area contributed by atoms with Gasteiger partial charge in [0.25, 0.3) is 5.91 Å². The molecule has 86 valence electrons. The average Bonchev–Trinajstić information content (AvgIpc) is 2.25. The van der Waals surface area contributed by atoms with Gasteiger partial charge in [-0.3, -0.25) is 9.78 Å². The molecule has 0 aliphatic carbocycles. The van der Waals surface area contributed by atoms with Gasteiger partial charge in [-0.2, -0.15) is 0 Å². The SMILES string of the molecule is O=C(c1cc(Cl)cc2cccnc12)N1CCC1. The molecule has 0 saturated carbocycles. The molecule has 1 aliphatic rings. The summed E-state index contributed by atoms with van der Waals surface area (Å²) in [6.45, 7) is 1.67. The molecule has 2 heterocycles. The number of hydrogen-bond donors (Lipinski definition) is 0. The number of hydrogen-bond acceptors (Lipinski definition) is 2. The van der Waals surface area contributed by atoms with Crippen molar-refractivity contribution < 1.29 is 4.79 Å². The van der Waals surface area contributed by atoms with E-state index in [-0.39, 0.29) is 5.91 Å². The van der Waals surface area contributed by atoms with Gasteiger partial charge < -0.3 is 4.90 Å². The molecule has 1 aromatic carbocycles. The first-order valence-electron chi connectivity index (χ1n) is 5.59. The van der Waals surface area contributed by atoms with E-state index in [4.69, 9.17) is 11.6 Å². The van der Waals surface area contributed by atoms with Crippen molar-refractivity contribution in [2.24, 2.45) is 0 Å². The van der Waals surface area contributed by atoms with Gasteiger partial charge in [0, 0.05) is 29.7 Å². The molecule has 1 aromatic heterocycles. The number of rotatable bonds is 1. The van der Waals surface area contributed by atoms with Gasteiger partial charge in [0.2, 0.25) is 0 Å². The van der Waals surface area contributed by atoms with E-state index in [0.717, 1.165) is 30.4 Å². The van der Waals surface area contributed by atoms with Crippen LogP contribution in [-0.2, 0) is 0 Å². The highest BCUT2D eigenvalue weighted by Gasteiger charge is 2.23. The van der Waals surface area contributed by atoms with E-state index in [2.05, 4.69) is 4.98 Å². The first kappa shape index (κ1) is 10.5. The van der Waals surface area contributed by atoms with Gasteiger partial charge in [-0.15, -0.1) is 0 Å². The Bertz CT molecular complexity index is 593. The molecule has 1 fully saturated rings. The molecule has 1 saturated heterocycles. The third kappa shape index (κ3) is 1.76. The summed E-state index contributed by atoms with van der Waals surface area (Å²) in [6.07, 6.45) is 2.78. The molecule has 0 bridgehead atoms. The highest BCUT2D eigenvalue weighted by molar-refractivity contribution is 6.32. The van der Waals surface area contributed by atoms with Crippen LogP contribution in [-0.4, -0.2) is 28.9 Å². The highest BCUT2D eigenvalue weighted by atomic mass is 35.5. The zero-order valence-electron chi connectivity index (χ0n) is 9.19. The molecule has 17 heavy (non-hydrogen) atoms. The first-order chi connectivity index (χ1) is 8.25. The van der Waals surface area contributed by atoms with Crippen molar-refractivity contribution in [2.45, 2.75) is 6.42 Å². The number of amides is 1. The fraction of sp³-hybridized carbons (Fsp3) is 0.231. The molecule has 3 nitrogen and oxygen atoms in total. The predicted molar refractivity (Wildman–Crippen MR) is 67.3 cm³/mol. The zero-order chi connectivity index (χ0) is 11.8. The first-order valence-corrected chi connectivity index (χ1v) is 5.97. The lowest BCUT2D eigenvalue weighted by atomic mass is 10.1. The number of aromatic nitrogens is 1. The molecule has 1 aliphatic heterocycles. The van der Waals surface area contributed by atoms with Crippen LogP contribution < -0.4 is 0 Å². The van der Waals surface area contributed by atoms with Gasteiger partial charge in [-0.1, -0.05) is 17.7 Å². The number of carbonyl (C=O) groups excluding carboxylic acids is 1. The molecule has 0 radical (unpaired) electrons. The lowest BCUT2D eigenvalue weighted by Gasteiger charge is -2.31. The van der Waals surface area contributed by atoms with Gasteiger partial charge in [0.05, 0.1) is 11.1 Å². The Labute approximate surface area is 104 Å². The largest absolute Gasteiger partial charge is 0.338 e. The number of halogens is 1. The Morgan fingerprint density at radius 1 is 1.35 bits per heavy atom. The summed E-state index contributed by atoms with van der Waals surface area (Å²) in [6, 6.07) is 7.30. The van der Waals surface area contributed by atoms with Crippen LogP contribution >= 0.6 is 11.6 Å². The van der Waals surface area contributed by atoms with Crippen molar-refractivity contribution in [3.63, 3.8) is 0 Å². The summed E-state index contributed by atoms with van der Waals surface area (Å²) in [5.41, 5.74) is 1.33. The Morgan fingerprint density at radius 2 is 2.18 bits per heavy atom. The van der Waals surface area contributed by atoms with Crippen LogP contribution in [0.4, 0.5) is 0 Å². The summed E-state index contributed by atoms with van der Waals surface area (Å²) in [7, 11) is 0. The Hall–Kier alpha value is -1.61. The van der Waals surface area contributed by atoms with Crippen LogP contribution in [0.15, 0.2) is 30.5 Å². The molecule has 0 N–H and O–H groups in total. The molecule has 0 atom stereocenters. The van der Waals surface area contributed by atoms with Crippen molar-refractivity contribution in [1.82, 2.24) is 9.88 Å². The minimum Gasteiger partial charge on any atom is -0.338 e. The topological polar surface area (TPSA) is 33.2 Å². The lowest BCUT2D eigenvalue weighted by molar-refractivity contribution is 0.0653. The van der Waals surface area contributed by atoms with E-state index in [1.165, 1.54) is 0 Å². The predicted octanol–water partition coefficient (Wildman–Crippen LogP) is 2.73. The Balaban J connectivity index is 2.16. The van der Waals surface area contributed by atoms with Crippen LogP contribution in [0.3, 0.4) is 0 Å². The zero-order valence-corrected chi connectivity index (χ0v) is 9.94. The standard InChI is InChI=1S/C13H11ClN2O/c14-10-7-9-3-1-4-15-12(9)11(8-10)13(17)16-5-2-6-16/h1,3-4,7-8H,2,5-6H2. The maximum absolute atomic E-state index is 12.2. The lowest BCUT2D eigenvalue weighted by Crippen LogP contribution is -2.42. The summed E-state index contributed by atoms with van der Waals surface area (Å²) < 4.78 is 0. The van der Waals surface area contributed by atoms with Crippen LogP contribution in [0.2, 0.25) is 5.02 Å². The quantitative estimate of drug-likeness (QED) is 0.775. The van der Waals surface area contributed by atoms with Crippen LogP contribution in [0.5, 0.6) is 0 Å². The van der Waals surface area contributed by atoms with Crippen LogP contribution in [0, 0.1) is 0 Å². The third-order valence-electron chi connectivity index (χ3n) is 3.04. The highest BCUT2D eigenvalue weighted by Crippen LogP contribution is 2.24. The molecule has 3 rings (SSSR count). The summed E-state index contributed by atoms with van der Waals surface area (Å²) in [5, 5.41) is 1.48. The van der Waals surface area contributed by atoms with E-state index in [1.54, 1.807) is 12.3 Å². The van der Waals surface area contributed by atoms with Gasteiger partial charge in [-0.25, -0.2) is 0 Å². The second-order valence-corrected chi connectivity index (χ2v) is 4.61. The molecule has 1 amide bonds. The van der Waals surface area contributed by atoms with Gasteiger partial charge >= 0.3 is 0 Å². The molecular formula is C13H11ClN2O. The van der Waals surface area contributed by atoms with Gasteiger partial charge in [0.1, 0.15) is 0 Å². The number of fused-ring (bicyclic) bond motifs is 1. The maximum atomic E-state index is 12.2. The van der Waals surface area contributed by atoms with E-state index in [1.807, 2.05) is 23.1 Å². The average molecular weight is 247 g/mol. The number of pyridine rings is 1. The second-order valence-electron chi connectivity index (χ2n) is 4.17. The summed E-state index contributed by atoms with van der Waals surface area (Å²) in [4.78, 5) is 18.3. The van der Waals surface area contributed by atoms with Crippen LogP contribution in [0.1, 0.15) is 16.8 Å².